The first-order chi connectivity index (χ1) is 16.7. The van der Waals surface area contributed by atoms with Crippen LogP contribution in [0.25, 0.3) is 33.4 Å². The van der Waals surface area contributed by atoms with E-state index in [0.717, 1.165) is 40.3 Å². The van der Waals surface area contributed by atoms with Crippen LogP contribution < -0.4 is 15.0 Å². The third-order valence-corrected chi connectivity index (χ3v) is 6.05. The molecule has 3 aromatic carbocycles. The number of fused-ring (bicyclic) bond motifs is 1. The summed E-state index contributed by atoms with van der Waals surface area (Å²) in [7, 11) is 3.29. The predicted octanol–water partition coefficient (Wildman–Crippen LogP) is 5.32. The molecule has 0 fully saturated rings. The average Bonchev–Trinajstić information content (AvgIpc) is 3.23. The number of hydrogen-bond donors (Lipinski definition) is 1. The average molecular weight is 452 g/mol. The van der Waals surface area contributed by atoms with Gasteiger partial charge >= 0.3 is 0 Å². The first kappa shape index (κ1) is 21.5. The molecule has 5 rings (SSSR count). The van der Waals surface area contributed by atoms with Crippen LogP contribution in [-0.2, 0) is 13.0 Å². The van der Waals surface area contributed by atoms with E-state index in [0.29, 0.717) is 17.6 Å². The van der Waals surface area contributed by atoms with Crippen molar-refractivity contribution >= 4 is 11.0 Å². The lowest BCUT2D eigenvalue weighted by molar-refractivity contribution is 0.414. The van der Waals surface area contributed by atoms with Crippen LogP contribution in [0.15, 0.2) is 90.0 Å². The quantitative estimate of drug-likeness (QED) is 0.364. The summed E-state index contributed by atoms with van der Waals surface area (Å²) in [6.45, 7) is 0.675. The number of benzene rings is 3. The highest BCUT2D eigenvalue weighted by molar-refractivity contribution is 6.02. The minimum absolute atomic E-state index is 0.163. The van der Waals surface area contributed by atoms with Crippen molar-refractivity contribution in [1.29, 1.82) is 0 Å². The van der Waals surface area contributed by atoms with Gasteiger partial charge in [-0.15, -0.1) is 0 Å². The van der Waals surface area contributed by atoms with E-state index >= 15 is 0 Å². The molecule has 6 nitrogen and oxygen atoms in total. The third kappa shape index (κ3) is 3.94. The maximum absolute atomic E-state index is 13.1. The molecule has 170 valence electrons. The zero-order valence-electron chi connectivity index (χ0n) is 19.1. The molecule has 2 aromatic heterocycles. The molecule has 2 heterocycles. The number of ether oxygens (including phenoxy) is 2. The molecule has 1 N–H and O–H groups in total. The number of methoxy groups -OCH3 is 2. The number of nitrogens with one attached hydrogen (secondary N) is 1. The van der Waals surface area contributed by atoms with Crippen molar-refractivity contribution in [1.82, 2.24) is 14.5 Å². The molecule has 0 aliphatic rings. The highest BCUT2D eigenvalue weighted by Gasteiger charge is 2.23. The van der Waals surface area contributed by atoms with Gasteiger partial charge in [0.15, 0.2) is 0 Å². The first-order valence-electron chi connectivity index (χ1n) is 11.1. The molecule has 0 spiro atoms. The van der Waals surface area contributed by atoms with Gasteiger partial charge in [0.05, 0.1) is 31.6 Å². The Balaban J connectivity index is 1.77. The van der Waals surface area contributed by atoms with Crippen LogP contribution in [0.1, 0.15) is 5.56 Å². The first-order valence-corrected chi connectivity index (χ1v) is 11.1. The van der Waals surface area contributed by atoms with Gasteiger partial charge in [-0.3, -0.25) is 4.79 Å². The second kappa shape index (κ2) is 9.27. The van der Waals surface area contributed by atoms with Crippen molar-refractivity contribution in [3.8, 4) is 33.9 Å². The molecule has 6 heteroatoms. The van der Waals surface area contributed by atoms with Gasteiger partial charge in [-0.2, -0.15) is 0 Å². The molecule has 0 aliphatic carbocycles. The Morgan fingerprint density at radius 2 is 1.44 bits per heavy atom. The second-order valence-electron chi connectivity index (χ2n) is 8.00. The monoisotopic (exact) mass is 451 g/mol. The highest BCUT2D eigenvalue weighted by Crippen LogP contribution is 2.40. The molecule has 5 aromatic rings. The van der Waals surface area contributed by atoms with Crippen LogP contribution in [0.4, 0.5) is 0 Å². The lowest BCUT2D eigenvalue weighted by Gasteiger charge is -2.13. The Hall–Kier alpha value is -4.32. The van der Waals surface area contributed by atoms with Gasteiger partial charge in [0.2, 0.25) is 0 Å². The van der Waals surface area contributed by atoms with Crippen molar-refractivity contribution in [2.45, 2.75) is 13.0 Å². The molecule has 0 unspecified atom stereocenters. The normalized spacial score (nSPS) is 11.0. The van der Waals surface area contributed by atoms with Gasteiger partial charge in [0.25, 0.3) is 5.56 Å². The second-order valence-corrected chi connectivity index (χ2v) is 8.00. The smallest absolute Gasteiger partial charge is 0.260 e. The number of rotatable bonds is 7. The Bertz CT molecular complexity index is 1470. The van der Waals surface area contributed by atoms with E-state index in [-0.39, 0.29) is 5.56 Å². The fourth-order valence-electron chi connectivity index (χ4n) is 4.37. The summed E-state index contributed by atoms with van der Waals surface area (Å²) in [6, 6.07) is 26.0. The number of aromatic amines is 1. The summed E-state index contributed by atoms with van der Waals surface area (Å²) in [4.78, 5) is 20.5. The summed E-state index contributed by atoms with van der Waals surface area (Å²) in [5.41, 5.74) is 5.43. The SMILES string of the molecule is COc1ccc(-c2c(-c3ccc(OC)cc3)n(CCc3ccccc3)c3nc[nH]c(=O)c23)cc1. The van der Waals surface area contributed by atoms with Gasteiger partial charge in [0.1, 0.15) is 17.1 Å². The van der Waals surface area contributed by atoms with E-state index in [1.54, 1.807) is 14.2 Å². The van der Waals surface area contributed by atoms with Gasteiger partial charge in [-0.05, 0) is 59.5 Å². The fraction of sp³-hybridized carbons (Fsp3) is 0.143. The minimum atomic E-state index is -0.163. The van der Waals surface area contributed by atoms with Gasteiger partial charge < -0.3 is 19.0 Å². The standard InChI is InChI=1S/C28H25N3O3/c1-33-22-12-8-20(9-13-22)24-25-27(29-18-30-28(25)32)31(17-16-19-6-4-3-5-7-19)26(24)21-10-14-23(34-2)15-11-21/h3-15,18H,16-17H2,1-2H3,(H,29,30,32). The summed E-state index contributed by atoms with van der Waals surface area (Å²) in [5, 5.41) is 0.576. The van der Waals surface area contributed by atoms with E-state index in [1.807, 2.05) is 66.7 Å². The molecule has 0 saturated heterocycles. The van der Waals surface area contributed by atoms with Crippen LogP contribution in [-0.4, -0.2) is 28.8 Å². The van der Waals surface area contributed by atoms with Gasteiger partial charge in [-0.1, -0.05) is 42.5 Å². The minimum Gasteiger partial charge on any atom is -0.497 e. The number of aromatic nitrogens is 3. The molecule has 34 heavy (non-hydrogen) atoms. The summed E-state index contributed by atoms with van der Waals surface area (Å²) in [6.07, 6.45) is 2.28. The molecule has 0 saturated carbocycles. The summed E-state index contributed by atoms with van der Waals surface area (Å²) < 4.78 is 12.9. The lowest BCUT2D eigenvalue weighted by Crippen LogP contribution is -2.08. The predicted molar refractivity (Wildman–Crippen MR) is 134 cm³/mol. The van der Waals surface area contributed by atoms with Crippen LogP contribution in [0.2, 0.25) is 0 Å². The lowest BCUT2D eigenvalue weighted by atomic mass is 9.99. The Morgan fingerprint density at radius 1 is 0.824 bits per heavy atom. The largest absolute Gasteiger partial charge is 0.497 e. The van der Waals surface area contributed by atoms with Crippen molar-refractivity contribution in [3.63, 3.8) is 0 Å². The Kier molecular flexibility index (Phi) is 5.87. The molecule has 0 aliphatic heterocycles. The fourth-order valence-corrected chi connectivity index (χ4v) is 4.37. The topological polar surface area (TPSA) is 69.1 Å². The van der Waals surface area contributed by atoms with Crippen LogP contribution >= 0.6 is 0 Å². The molecular formula is C28H25N3O3. The van der Waals surface area contributed by atoms with Gasteiger partial charge in [0, 0.05) is 12.1 Å². The maximum atomic E-state index is 13.1. The number of hydrogen-bond acceptors (Lipinski definition) is 4. The molecule has 0 atom stereocenters. The Morgan fingerprint density at radius 3 is 2.06 bits per heavy atom. The van der Waals surface area contributed by atoms with E-state index in [4.69, 9.17) is 9.47 Å². The molecule has 0 bridgehead atoms. The van der Waals surface area contributed by atoms with E-state index in [1.165, 1.54) is 11.9 Å². The molecule has 0 radical (unpaired) electrons. The zero-order chi connectivity index (χ0) is 23.5. The van der Waals surface area contributed by atoms with E-state index in [2.05, 4.69) is 26.7 Å². The Labute approximate surface area is 197 Å². The highest BCUT2D eigenvalue weighted by atomic mass is 16.5. The van der Waals surface area contributed by atoms with Crippen LogP contribution in [0.3, 0.4) is 0 Å². The van der Waals surface area contributed by atoms with E-state index in [9.17, 15) is 4.79 Å². The summed E-state index contributed by atoms with van der Waals surface area (Å²) in [5.74, 6) is 1.53. The van der Waals surface area contributed by atoms with Crippen molar-refractivity contribution in [3.05, 3.63) is 101 Å². The number of H-pyrrole nitrogens is 1. The zero-order valence-corrected chi connectivity index (χ0v) is 19.1. The van der Waals surface area contributed by atoms with Crippen molar-refractivity contribution < 1.29 is 9.47 Å². The maximum Gasteiger partial charge on any atom is 0.260 e. The van der Waals surface area contributed by atoms with E-state index < -0.39 is 0 Å². The summed E-state index contributed by atoms with van der Waals surface area (Å²) >= 11 is 0. The third-order valence-electron chi connectivity index (χ3n) is 6.05. The van der Waals surface area contributed by atoms with Crippen LogP contribution in [0, 0.1) is 0 Å². The van der Waals surface area contributed by atoms with Crippen LogP contribution in [0.5, 0.6) is 11.5 Å². The van der Waals surface area contributed by atoms with Crippen molar-refractivity contribution in [2.75, 3.05) is 14.2 Å². The molecule has 0 amide bonds. The van der Waals surface area contributed by atoms with Crippen molar-refractivity contribution in [2.24, 2.45) is 0 Å². The number of nitrogens with zero attached hydrogens (tertiary/aromatic N) is 2. The number of aryl methyl sites for hydroxylation is 2. The molecular weight excluding hydrogens is 426 g/mol. The van der Waals surface area contributed by atoms with Gasteiger partial charge in [-0.25, -0.2) is 4.98 Å².